The van der Waals surface area contributed by atoms with Gasteiger partial charge in [0.25, 0.3) is 0 Å². The summed E-state index contributed by atoms with van der Waals surface area (Å²) in [5.41, 5.74) is 1.85. The fraction of sp³-hybridized carbons (Fsp3) is 0.0667. The van der Waals surface area contributed by atoms with Crippen molar-refractivity contribution in [2.24, 2.45) is 0 Å². The van der Waals surface area contributed by atoms with Crippen LogP contribution in [0.15, 0.2) is 12.1 Å². The Hall–Kier alpha value is -2.74. The third kappa shape index (κ3) is 2.62. The van der Waals surface area contributed by atoms with Crippen molar-refractivity contribution in [1.82, 2.24) is 0 Å². The summed E-state index contributed by atoms with van der Waals surface area (Å²) in [6.45, 7) is 1.88. The van der Waals surface area contributed by atoms with Crippen molar-refractivity contribution in [1.29, 1.82) is 0 Å². The van der Waals surface area contributed by atoms with Crippen molar-refractivity contribution >= 4 is 0 Å². The molecular weight excluding hydrogens is 196 g/mol. The summed E-state index contributed by atoms with van der Waals surface area (Å²) >= 11 is 0. The number of terminal acetylenes is 2. The van der Waals surface area contributed by atoms with Gasteiger partial charge in [-0.05, 0) is 60.1 Å². The molecular formula is C15H8O. The van der Waals surface area contributed by atoms with E-state index in [1.807, 2.05) is 6.92 Å². The molecule has 1 heteroatoms. The Balaban J connectivity index is 3.40. The van der Waals surface area contributed by atoms with Crippen LogP contribution in [0.25, 0.3) is 0 Å². The lowest BCUT2D eigenvalue weighted by Gasteiger charge is -2.02. The van der Waals surface area contributed by atoms with E-state index in [1.165, 1.54) is 0 Å². The van der Waals surface area contributed by atoms with E-state index >= 15 is 0 Å². The Morgan fingerprint density at radius 1 is 1.00 bits per heavy atom. The normalized spacial score (nSPS) is 7.44. The van der Waals surface area contributed by atoms with Crippen molar-refractivity contribution in [2.45, 2.75) is 6.92 Å². The molecule has 1 N–H and O–H groups in total. The van der Waals surface area contributed by atoms with Crippen LogP contribution in [0.5, 0.6) is 5.75 Å². The molecule has 0 heterocycles. The summed E-state index contributed by atoms with van der Waals surface area (Å²) in [5.74, 6) is 14.6. The van der Waals surface area contributed by atoms with Crippen LogP contribution in [0.4, 0.5) is 0 Å². The zero-order chi connectivity index (χ0) is 12.0. The van der Waals surface area contributed by atoms with Crippen molar-refractivity contribution in [3.8, 4) is 54.1 Å². The van der Waals surface area contributed by atoms with Gasteiger partial charge in [0.15, 0.2) is 0 Å². The highest BCUT2D eigenvalue weighted by molar-refractivity contribution is 5.59. The molecule has 0 radical (unpaired) electrons. The molecule has 0 aliphatic rings. The maximum Gasteiger partial charge on any atom is 0.146 e. The van der Waals surface area contributed by atoms with Crippen molar-refractivity contribution in [3.63, 3.8) is 0 Å². The zero-order valence-electron chi connectivity index (χ0n) is 8.76. The van der Waals surface area contributed by atoms with Crippen LogP contribution in [-0.4, -0.2) is 5.11 Å². The first-order valence-corrected chi connectivity index (χ1v) is 4.46. The lowest BCUT2D eigenvalue weighted by atomic mass is 10.1. The number of benzene rings is 1. The largest absolute Gasteiger partial charge is 0.505 e. The van der Waals surface area contributed by atoms with Crippen LogP contribution in [0.3, 0.4) is 0 Å². The first-order valence-electron chi connectivity index (χ1n) is 4.46. The monoisotopic (exact) mass is 204 g/mol. The molecule has 0 fully saturated rings. The minimum Gasteiger partial charge on any atom is -0.505 e. The molecule has 0 aliphatic heterocycles. The number of phenolic OH excluding ortho intramolecular Hbond substituents is 1. The molecule has 0 unspecified atom stereocenters. The maximum atomic E-state index is 9.82. The summed E-state index contributed by atoms with van der Waals surface area (Å²) in [5, 5.41) is 9.82. The third-order valence-electron chi connectivity index (χ3n) is 1.79. The molecule has 0 saturated carbocycles. The molecule has 0 saturated heterocycles. The number of aromatic hydroxyl groups is 1. The number of hydrogen-bond donors (Lipinski definition) is 1. The Labute approximate surface area is 95.5 Å². The Morgan fingerprint density at radius 2 is 1.44 bits per heavy atom. The molecule has 16 heavy (non-hydrogen) atoms. The second kappa shape index (κ2) is 5.22. The Bertz CT molecular complexity index is 561. The van der Waals surface area contributed by atoms with E-state index in [-0.39, 0.29) is 5.75 Å². The molecule has 0 bridgehead atoms. The number of hydrogen-bond acceptors (Lipinski definition) is 1. The summed E-state index contributed by atoms with van der Waals surface area (Å²) in [7, 11) is 0. The highest BCUT2D eigenvalue weighted by Gasteiger charge is 2.04. The van der Waals surface area contributed by atoms with Crippen LogP contribution < -0.4 is 0 Å². The second-order valence-corrected chi connectivity index (χ2v) is 3.00. The topological polar surface area (TPSA) is 20.2 Å². The Morgan fingerprint density at radius 3 is 1.81 bits per heavy atom. The minimum atomic E-state index is 0.0103. The number of aryl methyl sites for hydroxylation is 1. The summed E-state index contributed by atoms with van der Waals surface area (Å²) in [6, 6.07) is 3.47. The summed E-state index contributed by atoms with van der Waals surface area (Å²) < 4.78 is 0. The SMILES string of the molecule is C#CC#Cc1cc(C)cc(C#CC#C)c1O. The first-order chi connectivity index (χ1) is 7.69. The molecule has 0 aliphatic carbocycles. The smallest absolute Gasteiger partial charge is 0.146 e. The third-order valence-corrected chi connectivity index (χ3v) is 1.79. The molecule has 1 rings (SSSR count). The average molecular weight is 204 g/mol. The van der Waals surface area contributed by atoms with E-state index in [0.717, 1.165) is 5.56 Å². The van der Waals surface area contributed by atoms with E-state index in [4.69, 9.17) is 12.8 Å². The quantitative estimate of drug-likeness (QED) is 0.637. The zero-order valence-corrected chi connectivity index (χ0v) is 8.76. The molecule has 0 amide bonds. The highest BCUT2D eigenvalue weighted by Crippen LogP contribution is 2.22. The average Bonchev–Trinajstić information content (AvgIpc) is 2.28. The van der Waals surface area contributed by atoms with Gasteiger partial charge in [-0.25, -0.2) is 0 Å². The van der Waals surface area contributed by atoms with Gasteiger partial charge in [-0.1, -0.05) is 0 Å². The fourth-order valence-electron chi connectivity index (χ4n) is 1.18. The molecule has 1 aromatic rings. The van der Waals surface area contributed by atoms with Gasteiger partial charge in [-0.15, -0.1) is 12.8 Å². The molecule has 1 nitrogen and oxygen atoms in total. The van der Waals surface area contributed by atoms with Gasteiger partial charge in [-0.2, -0.15) is 0 Å². The second-order valence-electron chi connectivity index (χ2n) is 3.00. The lowest BCUT2D eigenvalue weighted by Crippen LogP contribution is -1.85. The van der Waals surface area contributed by atoms with Crippen molar-refractivity contribution in [2.75, 3.05) is 0 Å². The van der Waals surface area contributed by atoms with Crippen LogP contribution in [0.1, 0.15) is 16.7 Å². The van der Waals surface area contributed by atoms with Gasteiger partial charge in [0.05, 0.1) is 11.1 Å². The summed E-state index contributed by atoms with van der Waals surface area (Å²) in [6.07, 6.45) is 10.0. The van der Waals surface area contributed by atoms with Crippen LogP contribution in [0.2, 0.25) is 0 Å². The molecule has 0 aromatic heterocycles. The van der Waals surface area contributed by atoms with Gasteiger partial charge in [0.1, 0.15) is 5.75 Å². The van der Waals surface area contributed by atoms with Crippen molar-refractivity contribution in [3.05, 3.63) is 28.8 Å². The van der Waals surface area contributed by atoms with Gasteiger partial charge in [0.2, 0.25) is 0 Å². The van der Waals surface area contributed by atoms with Gasteiger partial charge in [0, 0.05) is 0 Å². The van der Waals surface area contributed by atoms with Crippen LogP contribution in [-0.2, 0) is 0 Å². The molecule has 0 atom stereocenters. The van der Waals surface area contributed by atoms with E-state index in [0.29, 0.717) is 11.1 Å². The van der Waals surface area contributed by atoms with Crippen LogP contribution >= 0.6 is 0 Å². The van der Waals surface area contributed by atoms with E-state index in [9.17, 15) is 5.11 Å². The lowest BCUT2D eigenvalue weighted by molar-refractivity contribution is 0.472. The van der Waals surface area contributed by atoms with Crippen molar-refractivity contribution < 1.29 is 5.11 Å². The Kier molecular flexibility index (Phi) is 3.70. The van der Waals surface area contributed by atoms with E-state index in [2.05, 4.69) is 35.5 Å². The van der Waals surface area contributed by atoms with Gasteiger partial charge in [-0.3, -0.25) is 0 Å². The predicted molar refractivity (Wildman–Crippen MR) is 64.3 cm³/mol. The summed E-state index contributed by atoms with van der Waals surface area (Å²) in [4.78, 5) is 0. The first kappa shape index (κ1) is 11.3. The van der Waals surface area contributed by atoms with E-state index in [1.54, 1.807) is 12.1 Å². The molecule has 0 spiro atoms. The maximum absolute atomic E-state index is 9.82. The predicted octanol–water partition coefficient (Wildman–Crippen LogP) is 1.67. The standard InChI is InChI=1S/C15H8O/c1-4-6-8-13-10-12(3)11-14(15(13)16)9-7-5-2/h1-2,10-11,16H,3H3. The van der Waals surface area contributed by atoms with Crippen LogP contribution in [0, 0.1) is 55.3 Å². The minimum absolute atomic E-state index is 0.0103. The van der Waals surface area contributed by atoms with Gasteiger partial charge >= 0.3 is 0 Å². The number of phenols is 1. The highest BCUT2D eigenvalue weighted by atomic mass is 16.3. The number of rotatable bonds is 0. The van der Waals surface area contributed by atoms with Gasteiger partial charge < -0.3 is 5.11 Å². The fourth-order valence-corrected chi connectivity index (χ4v) is 1.18. The molecule has 1 aromatic carbocycles. The molecule has 74 valence electrons. The van der Waals surface area contributed by atoms with E-state index < -0.39 is 0 Å².